The lowest BCUT2D eigenvalue weighted by Crippen LogP contribution is -2.01. The molecule has 0 aliphatic carbocycles. The topological polar surface area (TPSA) is 47.1 Å². The summed E-state index contributed by atoms with van der Waals surface area (Å²) < 4.78 is 11.7. The molecule has 23 heavy (non-hydrogen) atoms. The van der Waals surface area contributed by atoms with E-state index in [1.165, 1.54) is 0 Å². The summed E-state index contributed by atoms with van der Waals surface area (Å²) in [5, 5.41) is 8.64. The summed E-state index contributed by atoms with van der Waals surface area (Å²) >= 11 is 0. The maximum absolute atomic E-state index is 5.87. The van der Waals surface area contributed by atoms with Crippen LogP contribution in [0, 0.1) is 0 Å². The zero-order valence-corrected chi connectivity index (χ0v) is 13.6. The molecule has 0 aliphatic rings. The highest BCUT2D eigenvalue weighted by molar-refractivity contribution is 5.93. The molecule has 0 fully saturated rings. The first-order valence-electron chi connectivity index (χ1n) is 8.16. The smallest absolute Gasteiger partial charge is 0.161 e. The van der Waals surface area contributed by atoms with E-state index >= 15 is 0 Å². The van der Waals surface area contributed by atoms with Crippen molar-refractivity contribution < 1.29 is 9.47 Å². The molecule has 120 valence electrons. The SMILES string of the molecule is CCCOc1ccc(-c2n[nH]c3ccccc23)cc1OCCC. The third kappa shape index (κ3) is 3.31. The quantitative estimate of drug-likeness (QED) is 0.681. The van der Waals surface area contributed by atoms with Crippen LogP contribution in [0.4, 0.5) is 0 Å². The normalized spacial score (nSPS) is 10.9. The minimum atomic E-state index is 0.674. The van der Waals surface area contributed by atoms with E-state index in [2.05, 4.69) is 30.1 Å². The maximum Gasteiger partial charge on any atom is 0.161 e. The summed E-state index contributed by atoms with van der Waals surface area (Å²) in [6, 6.07) is 14.1. The average Bonchev–Trinajstić information content (AvgIpc) is 3.02. The van der Waals surface area contributed by atoms with E-state index < -0.39 is 0 Å². The second-order valence-electron chi connectivity index (χ2n) is 5.48. The highest BCUT2D eigenvalue weighted by Crippen LogP contribution is 2.34. The van der Waals surface area contributed by atoms with Gasteiger partial charge in [0, 0.05) is 10.9 Å². The van der Waals surface area contributed by atoms with E-state index in [1.807, 2.05) is 36.4 Å². The molecule has 3 aromatic rings. The van der Waals surface area contributed by atoms with E-state index in [-0.39, 0.29) is 0 Å². The number of nitrogens with one attached hydrogen (secondary N) is 1. The molecule has 0 saturated carbocycles. The molecule has 0 spiro atoms. The van der Waals surface area contributed by atoms with Crippen molar-refractivity contribution in [3.8, 4) is 22.8 Å². The van der Waals surface area contributed by atoms with E-state index in [0.29, 0.717) is 13.2 Å². The molecule has 4 heteroatoms. The molecule has 1 heterocycles. The Morgan fingerprint density at radius 3 is 2.43 bits per heavy atom. The van der Waals surface area contributed by atoms with Crippen LogP contribution in [0.2, 0.25) is 0 Å². The molecule has 0 saturated heterocycles. The number of fused-ring (bicyclic) bond motifs is 1. The van der Waals surface area contributed by atoms with Crippen LogP contribution in [0.15, 0.2) is 42.5 Å². The van der Waals surface area contributed by atoms with Crippen LogP contribution >= 0.6 is 0 Å². The van der Waals surface area contributed by atoms with Gasteiger partial charge in [0.05, 0.1) is 18.7 Å². The fourth-order valence-corrected chi connectivity index (χ4v) is 2.49. The van der Waals surface area contributed by atoms with Gasteiger partial charge in [-0.15, -0.1) is 0 Å². The van der Waals surface area contributed by atoms with E-state index in [4.69, 9.17) is 9.47 Å². The number of H-pyrrole nitrogens is 1. The van der Waals surface area contributed by atoms with Crippen LogP contribution in [0.1, 0.15) is 26.7 Å². The van der Waals surface area contributed by atoms with E-state index in [9.17, 15) is 0 Å². The third-order valence-corrected chi connectivity index (χ3v) is 3.61. The molecule has 2 aromatic carbocycles. The minimum Gasteiger partial charge on any atom is -0.490 e. The Morgan fingerprint density at radius 1 is 0.913 bits per heavy atom. The molecule has 3 rings (SSSR count). The second kappa shape index (κ2) is 7.18. The number of hydrogen-bond donors (Lipinski definition) is 1. The summed E-state index contributed by atoms with van der Waals surface area (Å²) in [7, 11) is 0. The summed E-state index contributed by atoms with van der Waals surface area (Å²) in [5.74, 6) is 1.58. The summed E-state index contributed by atoms with van der Waals surface area (Å²) in [4.78, 5) is 0. The molecule has 1 N–H and O–H groups in total. The second-order valence-corrected chi connectivity index (χ2v) is 5.48. The largest absolute Gasteiger partial charge is 0.490 e. The molecule has 4 nitrogen and oxygen atoms in total. The summed E-state index contributed by atoms with van der Waals surface area (Å²) in [6.07, 6.45) is 1.93. The Kier molecular flexibility index (Phi) is 4.81. The zero-order chi connectivity index (χ0) is 16.1. The van der Waals surface area contributed by atoms with Crippen molar-refractivity contribution in [3.05, 3.63) is 42.5 Å². The van der Waals surface area contributed by atoms with Crippen molar-refractivity contribution in [2.45, 2.75) is 26.7 Å². The highest BCUT2D eigenvalue weighted by atomic mass is 16.5. The Labute approximate surface area is 136 Å². The first-order chi connectivity index (χ1) is 11.3. The average molecular weight is 310 g/mol. The van der Waals surface area contributed by atoms with Crippen LogP contribution in [-0.2, 0) is 0 Å². The van der Waals surface area contributed by atoms with Gasteiger partial charge in [0.1, 0.15) is 5.69 Å². The van der Waals surface area contributed by atoms with Gasteiger partial charge >= 0.3 is 0 Å². The van der Waals surface area contributed by atoms with Crippen molar-refractivity contribution >= 4 is 10.9 Å². The van der Waals surface area contributed by atoms with E-state index in [0.717, 1.165) is 46.5 Å². The molecule has 1 aromatic heterocycles. The lowest BCUT2D eigenvalue weighted by Gasteiger charge is -2.13. The standard InChI is InChI=1S/C19H22N2O2/c1-3-11-22-17-10-9-14(13-18(17)23-12-4-2)19-15-7-5-6-8-16(15)20-21-19/h5-10,13H,3-4,11-12H2,1-2H3,(H,20,21). The molecular formula is C19H22N2O2. The number of aromatic amines is 1. The minimum absolute atomic E-state index is 0.674. The van der Waals surface area contributed by atoms with Gasteiger partial charge in [-0.3, -0.25) is 5.10 Å². The maximum atomic E-state index is 5.87. The molecule has 0 amide bonds. The fourth-order valence-electron chi connectivity index (χ4n) is 2.49. The zero-order valence-electron chi connectivity index (χ0n) is 13.6. The van der Waals surface area contributed by atoms with Crippen LogP contribution in [0.5, 0.6) is 11.5 Å². The van der Waals surface area contributed by atoms with Crippen molar-refractivity contribution in [1.82, 2.24) is 10.2 Å². The lowest BCUT2D eigenvalue weighted by molar-refractivity contribution is 0.268. The molecule has 0 aliphatic heterocycles. The number of para-hydroxylation sites is 1. The van der Waals surface area contributed by atoms with Crippen molar-refractivity contribution in [1.29, 1.82) is 0 Å². The highest BCUT2D eigenvalue weighted by Gasteiger charge is 2.12. The van der Waals surface area contributed by atoms with Gasteiger partial charge in [0.2, 0.25) is 0 Å². The molecule has 0 atom stereocenters. The van der Waals surface area contributed by atoms with Crippen molar-refractivity contribution in [2.24, 2.45) is 0 Å². The Balaban J connectivity index is 1.99. The van der Waals surface area contributed by atoms with E-state index in [1.54, 1.807) is 0 Å². The predicted octanol–water partition coefficient (Wildman–Crippen LogP) is 4.81. The monoisotopic (exact) mass is 310 g/mol. The lowest BCUT2D eigenvalue weighted by atomic mass is 10.1. The Hall–Kier alpha value is -2.49. The van der Waals surface area contributed by atoms with Gasteiger partial charge in [0.25, 0.3) is 0 Å². The first-order valence-corrected chi connectivity index (χ1v) is 8.16. The number of ether oxygens (including phenoxy) is 2. The van der Waals surface area contributed by atoms with Gasteiger partial charge in [0.15, 0.2) is 11.5 Å². The number of hydrogen-bond acceptors (Lipinski definition) is 3. The van der Waals surface area contributed by atoms with Gasteiger partial charge < -0.3 is 9.47 Å². The van der Waals surface area contributed by atoms with Gasteiger partial charge in [-0.2, -0.15) is 5.10 Å². The van der Waals surface area contributed by atoms with Crippen LogP contribution in [0.3, 0.4) is 0 Å². The Bertz CT molecular complexity index is 780. The molecule has 0 unspecified atom stereocenters. The fraction of sp³-hybridized carbons (Fsp3) is 0.316. The van der Waals surface area contributed by atoms with Gasteiger partial charge in [-0.25, -0.2) is 0 Å². The van der Waals surface area contributed by atoms with Crippen LogP contribution in [-0.4, -0.2) is 23.4 Å². The predicted molar refractivity (Wildman–Crippen MR) is 93.1 cm³/mol. The summed E-state index contributed by atoms with van der Waals surface area (Å²) in [6.45, 7) is 5.55. The van der Waals surface area contributed by atoms with Gasteiger partial charge in [-0.05, 0) is 37.1 Å². The van der Waals surface area contributed by atoms with Crippen LogP contribution < -0.4 is 9.47 Å². The first kappa shape index (κ1) is 15.4. The van der Waals surface area contributed by atoms with Crippen molar-refractivity contribution in [2.75, 3.05) is 13.2 Å². The van der Waals surface area contributed by atoms with Crippen molar-refractivity contribution in [3.63, 3.8) is 0 Å². The Morgan fingerprint density at radius 2 is 1.65 bits per heavy atom. The number of rotatable bonds is 7. The summed E-state index contributed by atoms with van der Waals surface area (Å²) in [5.41, 5.74) is 2.99. The molecule has 0 bridgehead atoms. The molecule has 0 radical (unpaired) electrons. The number of aromatic nitrogens is 2. The van der Waals surface area contributed by atoms with Crippen LogP contribution in [0.25, 0.3) is 22.2 Å². The number of nitrogens with zero attached hydrogens (tertiary/aromatic N) is 1. The molecular weight excluding hydrogens is 288 g/mol. The van der Waals surface area contributed by atoms with Gasteiger partial charge in [-0.1, -0.05) is 32.0 Å². The number of benzene rings is 2. The third-order valence-electron chi connectivity index (χ3n) is 3.61.